The first-order chi connectivity index (χ1) is 17.8. The largest absolute Gasteiger partial charge is 0.508 e. The van der Waals surface area contributed by atoms with Gasteiger partial charge in [0.2, 0.25) is 17.7 Å². The third-order valence-corrected chi connectivity index (χ3v) is 5.44. The van der Waals surface area contributed by atoms with Crippen LogP contribution in [0.1, 0.15) is 38.7 Å². The molecule has 1 aromatic carbocycles. The second-order valence-corrected chi connectivity index (χ2v) is 9.26. The minimum atomic E-state index is -1.28. The number of hydrogen-bond donors (Lipinski definition) is 9. The zero-order chi connectivity index (χ0) is 28.8. The molecular weight excluding hydrogens is 498 g/mol. The van der Waals surface area contributed by atoms with E-state index in [2.05, 4.69) is 20.9 Å². The Morgan fingerprint density at radius 2 is 1.47 bits per heavy atom. The Hall–Kier alpha value is -3.91. The minimum absolute atomic E-state index is 0.00503. The normalized spacial score (nSPS) is 14.0. The van der Waals surface area contributed by atoms with E-state index in [4.69, 9.17) is 22.3 Å². The molecule has 4 atom stereocenters. The van der Waals surface area contributed by atoms with Gasteiger partial charge in [0.1, 0.15) is 29.9 Å². The number of aliphatic hydroxyl groups excluding tert-OH is 1. The van der Waals surface area contributed by atoms with Gasteiger partial charge in [-0.25, -0.2) is 4.79 Å². The Labute approximate surface area is 221 Å². The van der Waals surface area contributed by atoms with E-state index in [-0.39, 0.29) is 49.9 Å². The number of phenols is 1. The molecule has 0 saturated carbocycles. The minimum Gasteiger partial charge on any atom is -0.508 e. The number of carboxylic acid groups (broad SMARTS) is 1. The lowest BCUT2D eigenvalue weighted by Crippen LogP contribution is -2.58. The quantitative estimate of drug-likeness (QED) is 0.0630. The number of carbonyl (C=O) groups excluding carboxylic acids is 3. The number of aliphatic hydroxyl groups is 1. The van der Waals surface area contributed by atoms with Crippen molar-refractivity contribution in [1.82, 2.24) is 16.0 Å². The van der Waals surface area contributed by atoms with Crippen molar-refractivity contribution in [3.05, 3.63) is 29.8 Å². The molecule has 38 heavy (non-hydrogen) atoms. The van der Waals surface area contributed by atoms with Crippen LogP contribution >= 0.6 is 0 Å². The number of aliphatic carboxylic acids is 1. The number of nitrogens with one attached hydrogen (secondary N) is 3. The van der Waals surface area contributed by atoms with E-state index in [0.29, 0.717) is 5.56 Å². The van der Waals surface area contributed by atoms with Crippen molar-refractivity contribution in [2.75, 3.05) is 13.2 Å². The lowest BCUT2D eigenvalue weighted by molar-refractivity contribution is -0.142. The molecule has 3 amide bonds. The van der Waals surface area contributed by atoms with Crippen LogP contribution in [-0.4, -0.2) is 82.3 Å². The lowest BCUT2D eigenvalue weighted by atomic mass is 10.0. The zero-order valence-electron chi connectivity index (χ0n) is 21.6. The van der Waals surface area contributed by atoms with Gasteiger partial charge in [0.25, 0.3) is 0 Å². The number of carbonyl (C=O) groups is 4. The first-order valence-electron chi connectivity index (χ1n) is 12.2. The van der Waals surface area contributed by atoms with Crippen molar-refractivity contribution in [3.8, 4) is 5.75 Å². The van der Waals surface area contributed by atoms with Crippen molar-refractivity contribution in [2.45, 2.75) is 63.7 Å². The standard InChI is InChI=1S/C24H39N7O7/c1-13(2)10-18(30-20(34)16(25)12-32)21(35)31-19(11-14-5-7-15(33)8-6-14)22(36)29-17(23(37)38)4-3-9-28-24(26)27/h5-8,13,16-19,32-33H,3-4,9-12,25H2,1-2H3,(H,29,36)(H,30,34)(H,31,35)(H,37,38)(H4,26,27,28). The number of nitrogens with zero attached hydrogens (tertiary/aromatic N) is 1. The van der Waals surface area contributed by atoms with Crippen LogP contribution in [0.5, 0.6) is 5.75 Å². The maximum atomic E-state index is 13.2. The van der Waals surface area contributed by atoms with Crippen LogP contribution in [0, 0.1) is 5.92 Å². The van der Waals surface area contributed by atoms with Gasteiger partial charge < -0.3 is 48.5 Å². The molecule has 14 nitrogen and oxygen atoms in total. The van der Waals surface area contributed by atoms with Gasteiger partial charge in [-0.05, 0) is 42.9 Å². The number of carboxylic acids is 1. The molecule has 1 rings (SSSR count). The average molecular weight is 538 g/mol. The molecule has 0 fully saturated rings. The SMILES string of the molecule is CC(C)CC(NC(=O)C(N)CO)C(=O)NC(Cc1ccc(O)cc1)C(=O)NC(CCCN=C(N)N)C(=O)O. The van der Waals surface area contributed by atoms with E-state index in [1.54, 1.807) is 12.1 Å². The fourth-order valence-corrected chi connectivity index (χ4v) is 3.45. The van der Waals surface area contributed by atoms with Gasteiger partial charge in [-0.3, -0.25) is 19.4 Å². The van der Waals surface area contributed by atoms with E-state index in [0.717, 1.165) is 0 Å². The Bertz CT molecular complexity index is 965. The van der Waals surface area contributed by atoms with Gasteiger partial charge in [0.05, 0.1) is 6.61 Å². The van der Waals surface area contributed by atoms with Crippen LogP contribution in [-0.2, 0) is 25.6 Å². The van der Waals surface area contributed by atoms with Crippen LogP contribution < -0.4 is 33.2 Å². The number of guanidine groups is 1. The lowest BCUT2D eigenvalue weighted by Gasteiger charge is -2.26. The Kier molecular flexibility index (Phi) is 13.6. The molecule has 0 spiro atoms. The summed E-state index contributed by atoms with van der Waals surface area (Å²) < 4.78 is 0. The molecule has 0 aliphatic rings. The summed E-state index contributed by atoms with van der Waals surface area (Å²) in [5, 5.41) is 35.8. The second-order valence-electron chi connectivity index (χ2n) is 9.26. The summed E-state index contributed by atoms with van der Waals surface area (Å²) in [6.45, 7) is 3.22. The summed E-state index contributed by atoms with van der Waals surface area (Å²) in [6.07, 6.45) is 0.489. The number of nitrogens with two attached hydrogens (primary N) is 3. The third-order valence-electron chi connectivity index (χ3n) is 5.44. The number of aliphatic imine (C=N–C) groups is 1. The molecule has 4 unspecified atom stereocenters. The Balaban J connectivity index is 3.12. The van der Waals surface area contributed by atoms with Crippen molar-refractivity contribution < 1.29 is 34.5 Å². The molecule has 0 aliphatic heterocycles. The van der Waals surface area contributed by atoms with Crippen LogP contribution in [0.15, 0.2) is 29.3 Å². The molecule has 14 heteroatoms. The number of aromatic hydroxyl groups is 1. The van der Waals surface area contributed by atoms with E-state index in [1.165, 1.54) is 12.1 Å². The highest BCUT2D eigenvalue weighted by Crippen LogP contribution is 2.13. The number of amides is 3. The Morgan fingerprint density at radius 1 is 0.921 bits per heavy atom. The van der Waals surface area contributed by atoms with Crippen molar-refractivity contribution in [2.24, 2.45) is 28.1 Å². The monoisotopic (exact) mass is 537 g/mol. The molecule has 0 radical (unpaired) electrons. The summed E-state index contributed by atoms with van der Waals surface area (Å²) >= 11 is 0. The smallest absolute Gasteiger partial charge is 0.326 e. The summed E-state index contributed by atoms with van der Waals surface area (Å²) in [7, 11) is 0. The highest BCUT2D eigenvalue weighted by atomic mass is 16.4. The van der Waals surface area contributed by atoms with Crippen LogP contribution in [0.2, 0.25) is 0 Å². The van der Waals surface area contributed by atoms with Gasteiger partial charge >= 0.3 is 5.97 Å². The van der Waals surface area contributed by atoms with E-state index in [1.807, 2.05) is 13.8 Å². The van der Waals surface area contributed by atoms with Crippen LogP contribution in [0.4, 0.5) is 0 Å². The summed E-state index contributed by atoms with van der Waals surface area (Å²) in [5.41, 5.74) is 16.7. The summed E-state index contributed by atoms with van der Waals surface area (Å²) in [6, 6.07) is 1.14. The molecule has 212 valence electrons. The van der Waals surface area contributed by atoms with E-state index >= 15 is 0 Å². The first kappa shape index (κ1) is 32.1. The van der Waals surface area contributed by atoms with Gasteiger partial charge in [0, 0.05) is 13.0 Å². The van der Waals surface area contributed by atoms with Crippen molar-refractivity contribution >= 4 is 29.7 Å². The highest BCUT2D eigenvalue weighted by molar-refractivity contribution is 5.94. The van der Waals surface area contributed by atoms with Crippen molar-refractivity contribution in [1.29, 1.82) is 0 Å². The predicted molar refractivity (Wildman–Crippen MR) is 140 cm³/mol. The van der Waals surface area contributed by atoms with Gasteiger partial charge in [-0.15, -0.1) is 0 Å². The number of hydrogen-bond acceptors (Lipinski definition) is 8. The maximum Gasteiger partial charge on any atom is 0.326 e. The number of rotatable bonds is 16. The van der Waals surface area contributed by atoms with E-state index < -0.39 is 54.5 Å². The summed E-state index contributed by atoms with van der Waals surface area (Å²) in [5.74, 6) is -3.62. The molecule has 0 aliphatic carbocycles. The first-order valence-corrected chi connectivity index (χ1v) is 12.2. The molecule has 12 N–H and O–H groups in total. The highest BCUT2D eigenvalue weighted by Gasteiger charge is 2.30. The van der Waals surface area contributed by atoms with Crippen molar-refractivity contribution in [3.63, 3.8) is 0 Å². The molecule has 0 saturated heterocycles. The van der Waals surface area contributed by atoms with Gasteiger partial charge in [-0.1, -0.05) is 26.0 Å². The van der Waals surface area contributed by atoms with Gasteiger partial charge in [-0.2, -0.15) is 0 Å². The average Bonchev–Trinajstić information content (AvgIpc) is 2.84. The number of phenolic OH excluding ortho intramolecular Hbond substituents is 1. The van der Waals surface area contributed by atoms with Crippen LogP contribution in [0.3, 0.4) is 0 Å². The molecule has 0 aromatic heterocycles. The molecule has 1 aromatic rings. The topological polar surface area (TPSA) is 255 Å². The predicted octanol–water partition coefficient (Wildman–Crippen LogP) is -2.11. The van der Waals surface area contributed by atoms with Crippen LogP contribution in [0.25, 0.3) is 0 Å². The fourth-order valence-electron chi connectivity index (χ4n) is 3.45. The third kappa shape index (κ3) is 11.9. The van der Waals surface area contributed by atoms with E-state index in [9.17, 15) is 29.4 Å². The molecule has 0 bridgehead atoms. The Morgan fingerprint density at radius 3 is 2.00 bits per heavy atom. The molecular formula is C24H39N7O7. The maximum absolute atomic E-state index is 13.2. The second kappa shape index (κ2) is 16.0. The fraction of sp³-hybridized carbons (Fsp3) is 0.542. The van der Waals surface area contributed by atoms with Gasteiger partial charge in [0.15, 0.2) is 5.96 Å². The zero-order valence-corrected chi connectivity index (χ0v) is 21.6. The summed E-state index contributed by atoms with van der Waals surface area (Å²) in [4.78, 5) is 54.1. The molecule has 0 heterocycles. The number of benzene rings is 1.